The molecule has 10 heteroatoms. The summed E-state index contributed by atoms with van der Waals surface area (Å²) in [5.41, 5.74) is 1.77. The number of rotatable bonds is 5. The van der Waals surface area contributed by atoms with Crippen LogP contribution in [0, 0.1) is 0 Å². The number of carbonyl (C=O) groups excluding carboxylic acids is 1. The van der Waals surface area contributed by atoms with Crippen LogP contribution < -0.4 is 20.1 Å². The Kier molecular flexibility index (Phi) is 6.30. The second kappa shape index (κ2) is 8.70. The number of methoxy groups -OCH3 is 1. The van der Waals surface area contributed by atoms with Gasteiger partial charge in [-0.3, -0.25) is 4.79 Å². The molecule has 0 aromatic heterocycles. The second-order valence-corrected chi connectivity index (χ2v) is 6.67. The molecule has 1 aromatic rings. The lowest BCUT2D eigenvalue weighted by Crippen LogP contribution is -2.49. The Morgan fingerprint density at radius 3 is 2.68 bits per heavy atom. The summed E-state index contributed by atoms with van der Waals surface area (Å²) in [7, 11) is 1.36. The van der Waals surface area contributed by atoms with E-state index in [4.69, 9.17) is 21.7 Å². The van der Waals surface area contributed by atoms with Crippen LogP contribution in [0.3, 0.4) is 0 Å². The van der Waals surface area contributed by atoms with E-state index < -0.39 is 12.7 Å². The third-order valence-corrected chi connectivity index (χ3v) is 4.75. The van der Waals surface area contributed by atoms with Crippen molar-refractivity contribution in [3.8, 4) is 11.5 Å². The second-order valence-electron chi connectivity index (χ2n) is 6.26. The number of amides is 1. The smallest absolute Gasteiger partial charge is 0.387 e. The largest absolute Gasteiger partial charge is 0.493 e. The predicted octanol–water partition coefficient (Wildman–Crippen LogP) is 1.95. The van der Waals surface area contributed by atoms with Gasteiger partial charge in [0.2, 0.25) is 0 Å². The van der Waals surface area contributed by atoms with Gasteiger partial charge in [0.15, 0.2) is 16.6 Å². The van der Waals surface area contributed by atoms with E-state index in [1.54, 1.807) is 24.0 Å². The molecule has 0 radical (unpaired) electrons. The Morgan fingerprint density at radius 2 is 2.04 bits per heavy atom. The maximum absolute atomic E-state index is 13.2. The standard InChI is InChI=1S/C18H21F2N3O4S/c1-10-14(16(24)23-5-7-26-8-6-23)15(22-18(28)21-10)11-3-4-12(27-17(19)20)13(9-11)25-2/h3-4,9,15,17H,5-8H2,1-2H3,(H2,21,22,28). The number of alkyl halides is 2. The fraction of sp³-hybridized carbons (Fsp3) is 0.444. The van der Waals surface area contributed by atoms with Crippen LogP contribution in [-0.4, -0.2) is 55.9 Å². The minimum Gasteiger partial charge on any atom is -0.493 e. The Hall–Kier alpha value is -2.46. The number of thiocarbonyl (C=S) groups is 1. The van der Waals surface area contributed by atoms with Crippen molar-refractivity contribution in [3.05, 3.63) is 35.0 Å². The molecule has 1 aromatic carbocycles. The van der Waals surface area contributed by atoms with Gasteiger partial charge in [0.25, 0.3) is 5.91 Å². The molecule has 1 unspecified atom stereocenters. The SMILES string of the molecule is COc1cc(C2NC(=S)NC(C)=C2C(=O)N2CCOCC2)ccc1OC(F)F. The molecule has 2 N–H and O–H groups in total. The van der Waals surface area contributed by atoms with Crippen LogP contribution in [0.5, 0.6) is 11.5 Å². The monoisotopic (exact) mass is 413 g/mol. The molecule has 0 saturated carbocycles. The number of nitrogens with zero attached hydrogens (tertiary/aromatic N) is 1. The summed E-state index contributed by atoms with van der Waals surface area (Å²) in [5.74, 6) is -0.0837. The topological polar surface area (TPSA) is 72.1 Å². The van der Waals surface area contributed by atoms with Crippen LogP contribution in [0.1, 0.15) is 18.5 Å². The van der Waals surface area contributed by atoms with Crippen LogP contribution >= 0.6 is 12.2 Å². The van der Waals surface area contributed by atoms with Crippen LogP contribution in [0.25, 0.3) is 0 Å². The van der Waals surface area contributed by atoms with Crippen LogP contribution in [0.4, 0.5) is 8.78 Å². The van der Waals surface area contributed by atoms with Gasteiger partial charge in [-0.15, -0.1) is 0 Å². The summed E-state index contributed by atoms with van der Waals surface area (Å²) in [6.45, 7) is 0.767. The number of benzene rings is 1. The Morgan fingerprint density at radius 1 is 1.32 bits per heavy atom. The first-order chi connectivity index (χ1) is 13.4. The Bertz CT molecular complexity index is 797. The van der Waals surface area contributed by atoms with Gasteiger partial charge >= 0.3 is 6.61 Å². The van der Waals surface area contributed by atoms with Crippen molar-refractivity contribution in [2.45, 2.75) is 19.6 Å². The number of allylic oxidation sites excluding steroid dienone is 1. The number of nitrogens with one attached hydrogen (secondary N) is 2. The highest BCUT2D eigenvalue weighted by molar-refractivity contribution is 7.80. The van der Waals surface area contributed by atoms with Gasteiger partial charge < -0.3 is 29.7 Å². The number of morpholine rings is 1. The Balaban J connectivity index is 1.96. The van der Waals surface area contributed by atoms with Crippen molar-refractivity contribution in [3.63, 3.8) is 0 Å². The highest BCUT2D eigenvalue weighted by Gasteiger charge is 2.33. The molecule has 28 heavy (non-hydrogen) atoms. The van der Waals surface area contributed by atoms with Crippen molar-refractivity contribution in [2.24, 2.45) is 0 Å². The van der Waals surface area contributed by atoms with Crippen molar-refractivity contribution >= 4 is 23.2 Å². The molecule has 2 aliphatic heterocycles. The number of carbonyl (C=O) groups is 1. The molecule has 1 atom stereocenters. The number of ether oxygens (including phenoxy) is 3. The van der Waals surface area contributed by atoms with E-state index in [0.29, 0.717) is 48.2 Å². The van der Waals surface area contributed by atoms with Crippen molar-refractivity contribution in [2.75, 3.05) is 33.4 Å². The average Bonchev–Trinajstić information content (AvgIpc) is 2.67. The molecule has 0 spiro atoms. The molecular formula is C18H21F2N3O4S. The van der Waals surface area contributed by atoms with Gasteiger partial charge in [0, 0.05) is 18.8 Å². The summed E-state index contributed by atoms with van der Waals surface area (Å²) >= 11 is 5.24. The van der Waals surface area contributed by atoms with Gasteiger partial charge in [-0.2, -0.15) is 8.78 Å². The normalized spacial score (nSPS) is 20.0. The fourth-order valence-corrected chi connectivity index (χ4v) is 3.49. The molecule has 1 fully saturated rings. The van der Waals surface area contributed by atoms with Crippen LogP contribution in [-0.2, 0) is 9.53 Å². The minimum atomic E-state index is -2.97. The third-order valence-electron chi connectivity index (χ3n) is 4.53. The average molecular weight is 413 g/mol. The zero-order valence-electron chi connectivity index (χ0n) is 15.5. The first kappa shape index (κ1) is 20.3. The zero-order chi connectivity index (χ0) is 20.3. The van der Waals surface area contributed by atoms with Crippen molar-refractivity contribution in [1.29, 1.82) is 0 Å². The first-order valence-electron chi connectivity index (χ1n) is 8.68. The molecule has 1 saturated heterocycles. The lowest BCUT2D eigenvalue weighted by atomic mass is 9.94. The molecule has 152 valence electrons. The first-order valence-corrected chi connectivity index (χ1v) is 9.09. The van der Waals surface area contributed by atoms with E-state index in [9.17, 15) is 13.6 Å². The van der Waals surface area contributed by atoms with Crippen LogP contribution in [0.15, 0.2) is 29.5 Å². The molecule has 1 amide bonds. The summed E-state index contributed by atoms with van der Waals surface area (Å²) in [6, 6.07) is 3.99. The molecule has 2 heterocycles. The summed E-state index contributed by atoms with van der Waals surface area (Å²) in [5, 5.41) is 6.43. The molecule has 7 nitrogen and oxygen atoms in total. The van der Waals surface area contributed by atoms with Crippen molar-refractivity contribution < 1.29 is 27.8 Å². The van der Waals surface area contributed by atoms with E-state index in [2.05, 4.69) is 15.4 Å². The van der Waals surface area contributed by atoms with E-state index in [0.717, 1.165) is 0 Å². The van der Waals surface area contributed by atoms with E-state index in [1.165, 1.54) is 13.2 Å². The molecule has 0 aliphatic carbocycles. The Labute approximate surface area is 166 Å². The highest BCUT2D eigenvalue weighted by atomic mass is 32.1. The van der Waals surface area contributed by atoms with Gasteiger partial charge in [-0.1, -0.05) is 6.07 Å². The lowest BCUT2D eigenvalue weighted by molar-refractivity contribution is -0.131. The number of halogens is 2. The maximum Gasteiger partial charge on any atom is 0.387 e. The maximum atomic E-state index is 13.2. The molecule has 0 bridgehead atoms. The van der Waals surface area contributed by atoms with Crippen molar-refractivity contribution in [1.82, 2.24) is 15.5 Å². The van der Waals surface area contributed by atoms with Gasteiger partial charge in [-0.05, 0) is 36.8 Å². The van der Waals surface area contributed by atoms with E-state index in [-0.39, 0.29) is 17.4 Å². The molecule has 3 rings (SSSR count). The highest BCUT2D eigenvalue weighted by Crippen LogP contribution is 2.35. The van der Waals surface area contributed by atoms with Gasteiger partial charge in [-0.25, -0.2) is 0 Å². The quantitative estimate of drug-likeness (QED) is 0.715. The number of hydrogen-bond donors (Lipinski definition) is 2. The summed E-state index contributed by atoms with van der Waals surface area (Å²) in [4.78, 5) is 14.9. The minimum absolute atomic E-state index is 0.0838. The van der Waals surface area contributed by atoms with Crippen LogP contribution in [0.2, 0.25) is 0 Å². The van der Waals surface area contributed by atoms with Gasteiger partial charge in [0.05, 0.1) is 31.9 Å². The van der Waals surface area contributed by atoms with E-state index in [1.807, 2.05) is 0 Å². The zero-order valence-corrected chi connectivity index (χ0v) is 16.3. The lowest BCUT2D eigenvalue weighted by Gasteiger charge is -2.35. The predicted molar refractivity (Wildman–Crippen MR) is 101 cm³/mol. The van der Waals surface area contributed by atoms with Gasteiger partial charge in [0.1, 0.15) is 0 Å². The summed E-state index contributed by atoms with van der Waals surface area (Å²) < 4.78 is 40.1. The third kappa shape index (κ3) is 4.33. The summed E-state index contributed by atoms with van der Waals surface area (Å²) in [6.07, 6.45) is 0. The number of hydrogen-bond acceptors (Lipinski definition) is 5. The fourth-order valence-electron chi connectivity index (χ4n) is 3.22. The van der Waals surface area contributed by atoms with E-state index >= 15 is 0 Å². The molecular weight excluding hydrogens is 392 g/mol. The molecule has 2 aliphatic rings.